The summed E-state index contributed by atoms with van der Waals surface area (Å²) < 4.78 is 0. The molecule has 0 saturated heterocycles. The number of aliphatic carboxylic acids is 1. The second-order valence-electron chi connectivity index (χ2n) is 4.37. The normalized spacial score (nSPS) is 10.3. The molecule has 19 heavy (non-hydrogen) atoms. The lowest BCUT2D eigenvalue weighted by atomic mass is 10.3. The Labute approximate surface area is 111 Å². The minimum atomic E-state index is -1.04. The summed E-state index contributed by atoms with van der Waals surface area (Å²) in [6, 6.07) is 1.08. The number of carboxylic acid groups (broad SMARTS) is 1. The van der Waals surface area contributed by atoms with Gasteiger partial charge in [-0.15, -0.1) is 0 Å². The Morgan fingerprint density at radius 1 is 1.47 bits per heavy atom. The van der Waals surface area contributed by atoms with Crippen LogP contribution in [-0.4, -0.2) is 44.6 Å². The molecule has 0 atom stereocenters. The molecule has 7 heteroatoms. The SMILES string of the molecule is Cc1nccc(CNC(=O)N(CC(=O)O)C(C)C)n1. The zero-order chi connectivity index (χ0) is 14.4. The first kappa shape index (κ1) is 14.9. The van der Waals surface area contributed by atoms with Crippen LogP contribution in [0.3, 0.4) is 0 Å². The van der Waals surface area contributed by atoms with Gasteiger partial charge in [-0.3, -0.25) is 4.79 Å². The maximum absolute atomic E-state index is 11.9. The highest BCUT2D eigenvalue weighted by atomic mass is 16.4. The van der Waals surface area contributed by atoms with Crippen LogP contribution in [0.15, 0.2) is 12.3 Å². The molecule has 0 aliphatic rings. The molecule has 0 fully saturated rings. The van der Waals surface area contributed by atoms with E-state index in [0.717, 1.165) is 0 Å². The van der Waals surface area contributed by atoms with Crippen molar-refractivity contribution in [1.82, 2.24) is 20.2 Å². The van der Waals surface area contributed by atoms with Crippen molar-refractivity contribution in [3.05, 3.63) is 23.8 Å². The monoisotopic (exact) mass is 266 g/mol. The Hall–Kier alpha value is -2.18. The third-order valence-corrected chi connectivity index (χ3v) is 2.44. The second-order valence-corrected chi connectivity index (χ2v) is 4.37. The maximum Gasteiger partial charge on any atom is 0.323 e. The smallest absolute Gasteiger partial charge is 0.323 e. The van der Waals surface area contributed by atoms with Crippen molar-refractivity contribution in [3.8, 4) is 0 Å². The second kappa shape index (κ2) is 6.67. The number of aryl methyl sites for hydroxylation is 1. The van der Waals surface area contributed by atoms with Crippen LogP contribution in [0.4, 0.5) is 4.79 Å². The molecule has 0 saturated carbocycles. The first-order valence-electron chi connectivity index (χ1n) is 5.95. The summed E-state index contributed by atoms with van der Waals surface area (Å²) >= 11 is 0. The van der Waals surface area contributed by atoms with E-state index in [4.69, 9.17) is 5.11 Å². The van der Waals surface area contributed by atoms with Crippen molar-refractivity contribution in [2.45, 2.75) is 33.4 Å². The predicted molar refractivity (Wildman–Crippen MR) is 68.5 cm³/mol. The summed E-state index contributed by atoms with van der Waals surface area (Å²) in [5.41, 5.74) is 0.680. The van der Waals surface area contributed by atoms with Gasteiger partial charge < -0.3 is 15.3 Å². The summed E-state index contributed by atoms with van der Waals surface area (Å²) in [6.07, 6.45) is 1.61. The summed E-state index contributed by atoms with van der Waals surface area (Å²) in [5, 5.41) is 11.4. The number of aromatic nitrogens is 2. The van der Waals surface area contributed by atoms with E-state index >= 15 is 0 Å². The molecule has 7 nitrogen and oxygen atoms in total. The van der Waals surface area contributed by atoms with Gasteiger partial charge in [0.15, 0.2) is 0 Å². The Bertz CT molecular complexity index is 462. The van der Waals surface area contributed by atoms with Crippen LogP contribution in [0.5, 0.6) is 0 Å². The van der Waals surface area contributed by atoms with Gasteiger partial charge in [-0.25, -0.2) is 14.8 Å². The molecule has 0 aliphatic carbocycles. The minimum Gasteiger partial charge on any atom is -0.480 e. The Morgan fingerprint density at radius 2 is 2.16 bits per heavy atom. The molecule has 0 bridgehead atoms. The highest BCUT2D eigenvalue weighted by molar-refractivity contribution is 5.80. The number of rotatable bonds is 5. The van der Waals surface area contributed by atoms with Crippen LogP contribution in [0.1, 0.15) is 25.4 Å². The van der Waals surface area contributed by atoms with Gasteiger partial charge in [-0.2, -0.15) is 0 Å². The molecular weight excluding hydrogens is 248 g/mol. The topological polar surface area (TPSA) is 95.4 Å². The molecule has 0 radical (unpaired) electrons. The summed E-state index contributed by atoms with van der Waals surface area (Å²) in [6.45, 7) is 5.20. The number of carbonyl (C=O) groups is 2. The molecule has 0 aromatic carbocycles. The number of carboxylic acids is 1. The average molecular weight is 266 g/mol. The van der Waals surface area contributed by atoms with Crippen molar-refractivity contribution < 1.29 is 14.7 Å². The number of hydrogen-bond donors (Lipinski definition) is 2. The Kier molecular flexibility index (Phi) is 5.23. The Morgan fingerprint density at radius 3 is 2.68 bits per heavy atom. The number of nitrogens with zero attached hydrogens (tertiary/aromatic N) is 3. The van der Waals surface area contributed by atoms with Gasteiger partial charge in [0, 0.05) is 12.2 Å². The zero-order valence-corrected chi connectivity index (χ0v) is 11.3. The predicted octanol–water partition coefficient (Wildman–Crippen LogP) is 0.790. The van der Waals surface area contributed by atoms with Gasteiger partial charge in [0.2, 0.25) is 0 Å². The molecule has 2 N–H and O–H groups in total. The quantitative estimate of drug-likeness (QED) is 0.821. The van der Waals surface area contributed by atoms with Crippen molar-refractivity contribution in [3.63, 3.8) is 0 Å². The van der Waals surface area contributed by atoms with Crippen molar-refractivity contribution in [1.29, 1.82) is 0 Å². The first-order chi connectivity index (χ1) is 8.90. The number of amides is 2. The lowest BCUT2D eigenvalue weighted by molar-refractivity contribution is -0.138. The summed E-state index contributed by atoms with van der Waals surface area (Å²) in [4.78, 5) is 31.9. The third-order valence-electron chi connectivity index (χ3n) is 2.44. The van der Waals surface area contributed by atoms with E-state index in [9.17, 15) is 9.59 Å². The van der Waals surface area contributed by atoms with Crippen molar-refractivity contribution in [2.75, 3.05) is 6.54 Å². The molecule has 0 aliphatic heterocycles. The molecule has 0 spiro atoms. The van der Waals surface area contributed by atoms with Crippen LogP contribution in [0.25, 0.3) is 0 Å². The van der Waals surface area contributed by atoms with E-state index in [1.807, 2.05) is 0 Å². The van der Waals surface area contributed by atoms with E-state index in [-0.39, 0.29) is 19.1 Å². The van der Waals surface area contributed by atoms with Crippen LogP contribution >= 0.6 is 0 Å². The number of urea groups is 1. The fourth-order valence-electron chi connectivity index (χ4n) is 1.51. The lowest BCUT2D eigenvalue weighted by Gasteiger charge is -2.25. The van der Waals surface area contributed by atoms with Crippen LogP contribution in [0.2, 0.25) is 0 Å². The molecule has 1 heterocycles. The minimum absolute atomic E-state index is 0.191. The van der Waals surface area contributed by atoms with Crippen molar-refractivity contribution >= 4 is 12.0 Å². The number of nitrogens with one attached hydrogen (secondary N) is 1. The van der Waals surface area contributed by atoms with E-state index in [1.165, 1.54) is 4.90 Å². The first-order valence-corrected chi connectivity index (χ1v) is 5.95. The fraction of sp³-hybridized carbons (Fsp3) is 0.500. The van der Waals surface area contributed by atoms with E-state index in [1.54, 1.807) is 33.0 Å². The van der Waals surface area contributed by atoms with Gasteiger partial charge >= 0.3 is 12.0 Å². The molecule has 1 aromatic rings. The van der Waals surface area contributed by atoms with E-state index in [0.29, 0.717) is 11.5 Å². The molecular formula is C12H18N4O3. The molecule has 2 amide bonds. The third kappa shape index (κ3) is 4.90. The van der Waals surface area contributed by atoms with Gasteiger partial charge in [-0.05, 0) is 26.8 Å². The number of carbonyl (C=O) groups excluding carboxylic acids is 1. The summed E-state index contributed by atoms with van der Waals surface area (Å²) in [7, 11) is 0. The average Bonchev–Trinajstić information content (AvgIpc) is 2.32. The summed E-state index contributed by atoms with van der Waals surface area (Å²) in [5.74, 6) is -0.417. The van der Waals surface area contributed by atoms with Crippen LogP contribution < -0.4 is 5.32 Å². The Balaban J connectivity index is 2.59. The highest BCUT2D eigenvalue weighted by Gasteiger charge is 2.19. The van der Waals surface area contributed by atoms with Gasteiger partial charge in [0.05, 0.1) is 12.2 Å². The van der Waals surface area contributed by atoms with Crippen LogP contribution in [-0.2, 0) is 11.3 Å². The largest absolute Gasteiger partial charge is 0.480 e. The zero-order valence-electron chi connectivity index (χ0n) is 11.3. The van der Waals surface area contributed by atoms with Crippen LogP contribution in [0, 0.1) is 6.92 Å². The van der Waals surface area contributed by atoms with Gasteiger partial charge in [0.25, 0.3) is 0 Å². The maximum atomic E-state index is 11.9. The number of hydrogen-bond acceptors (Lipinski definition) is 4. The lowest BCUT2D eigenvalue weighted by Crippen LogP contribution is -2.46. The molecule has 1 aromatic heterocycles. The fourth-order valence-corrected chi connectivity index (χ4v) is 1.51. The standard InChI is InChI=1S/C12H18N4O3/c1-8(2)16(7-11(17)18)12(19)14-6-10-4-5-13-9(3)15-10/h4-5,8H,6-7H2,1-3H3,(H,14,19)(H,17,18). The molecule has 0 unspecified atom stereocenters. The molecule has 1 rings (SSSR count). The van der Waals surface area contributed by atoms with Crippen molar-refractivity contribution in [2.24, 2.45) is 0 Å². The van der Waals surface area contributed by atoms with Gasteiger partial charge in [0.1, 0.15) is 12.4 Å². The van der Waals surface area contributed by atoms with E-state index < -0.39 is 12.0 Å². The highest BCUT2D eigenvalue weighted by Crippen LogP contribution is 2.00. The van der Waals surface area contributed by atoms with E-state index in [2.05, 4.69) is 15.3 Å². The van der Waals surface area contributed by atoms with Gasteiger partial charge in [-0.1, -0.05) is 0 Å². The molecule has 104 valence electrons.